The van der Waals surface area contributed by atoms with Crippen LogP contribution in [-0.2, 0) is 9.53 Å². The normalized spacial score (nSPS) is 13.7. The predicted octanol–water partition coefficient (Wildman–Crippen LogP) is 3.93. The number of rotatable bonds is 7. The Kier molecular flexibility index (Phi) is 6.62. The Labute approximate surface area is 94.4 Å². The van der Waals surface area contributed by atoms with Gasteiger partial charge in [0.1, 0.15) is 0 Å². The van der Waals surface area contributed by atoms with Crippen molar-refractivity contribution in [1.29, 1.82) is 0 Å². The molecule has 0 radical (unpaired) electrons. The van der Waals surface area contributed by atoms with E-state index >= 15 is 0 Å². The van der Waals surface area contributed by atoms with Gasteiger partial charge in [0.2, 0.25) is 0 Å². The van der Waals surface area contributed by atoms with Crippen LogP contribution in [0.1, 0.15) is 66.7 Å². The van der Waals surface area contributed by atoms with Crippen LogP contribution >= 0.6 is 0 Å². The Bertz CT molecular complexity index is 185. The quantitative estimate of drug-likeness (QED) is 0.474. The molecule has 0 saturated heterocycles. The van der Waals surface area contributed by atoms with Crippen LogP contribution in [0.2, 0.25) is 0 Å². The topological polar surface area (TPSA) is 26.3 Å². The lowest BCUT2D eigenvalue weighted by atomic mass is 9.90. The molecule has 0 amide bonds. The zero-order valence-corrected chi connectivity index (χ0v) is 10.9. The maximum atomic E-state index is 11.7. The van der Waals surface area contributed by atoms with Crippen molar-refractivity contribution in [2.45, 2.75) is 72.8 Å². The molecule has 0 aromatic carbocycles. The minimum Gasteiger partial charge on any atom is -0.462 e. The molecule has 2 heteroatoms. The molecule has 0 bridgehead atoms. The summed E-state index contributed by atoms with van der Waals surface area (Å²) in [6.07, 6.45) is 5.46. The first kappa shape index (κ1) is 14.5. The average Bonchev–Trinajstić information content (AvgIpc) is 2.18. The van der Waals surface area contributed by atoms with E-state index in [2.05, 4.69) is 6.92 Å². The van der Waals surface area contributed by atoms with E-state index in [-0.39, 0.29) is 17.5 Å². The fraction of sp³-hybridized carbons (Fsp3) is 0.923. The monoisotopic (exact) mass is 214 g/mol. The summed E-state index contributed by atoms with van der Waals surface area (Å²) >= 11 is 0. The molecule has 0 aliphatic carbocycles. The summed E-state index contributed by atoms with van der Waals surface area (Å²) in [4.78, 5) is 11.7. The molecule has 0 aromatic rings. The van der Waals surface area contributed by atoms with Crippen molar-refractivity contribution in [3.8, 4) is 0 Å². The minimum atomic E-state index is -0.334. The van der Waals surface area contributed by atoms with Crippen LogP contribution in [0.15, 0.2) is 0 Å². The van der Waals surface area contributed by atoms with Gasteiger partial charge >= 0.3 is 5.97 Å². The number of carbonyl (C=O) groups is 1. The van der Waals surface area contributed by atoms with Gasteiger partial charge in [-0.25, -0.2) is 0 Å². The van der Waals surface area contributed by atoms with Crippen LogP contribution in [0.25, 0.3) is 0 Å². The first-order valence-corrected chi connectivity index (χ1v) is 6.15. The summed E-state index contributed by atoms with van der Waals surface area (Å²) < 4.78 is 5.41. The smallest absolute Gasteiger partial charge is 0.311 e. The van der Waals surface area contributed by atoms with Crippen LogP contribution in [0.5, 0.6) is 0 Å². The van der Waals surface area contributed by atoms with E-state index in [1.807, 2.05) is 27.7 Å². The van der Waals surface area contributed by atoms with E-state index in [0.29, 0.717) is 0 Å². The van der Waals surface area contributed by atoms with Gasteiger partial charge in [0.15, 0.2) is 0 Å². The summed E-state index contributed by atoms with van der Waals surface area (Å²) in [6.45, 7) is 10.1. The highest BCUT2D eigenvalue weighted by atomic mass is 16.5. The lowest BCUT2D eigenvalue weighted by molar-refractivity contribution is -0.159. The molecule has 0 N–H and O–H groups in total. The van der Waals surface area contributed by atoms with Crippen LogP contribution in [0, 0.1) is 5.41 Å². The van der Waals surface area contributed by atoms with Crippen molar-refractivity contribution in [2.24, 2.45) is 5.41 Å². The van der Waals surface area contributed by atoms with Gasteiger partial charge in [0, 0.05) is 0 Å². The van der Waals surface area contributed by atoms with Gasteiger partial charge in [-0.05, 0) is 40.0 Å². The lowest BCUT2D eigenvalue weighted by Crippen LogP contribution is -2.29. The number of esters is 1. The summed E-state index contributed by atoms with van der Waals surface area (Å²) in [6, 6.07) is 0. The van der Waals surface area contributed by atoms with Crippen LogP contribution in [0.3, 0.4) is 0 Å². The Morgan fingerprint density at radius 2 is 1.87 bits per heavy atom. The van der Waals surface area contributed by atoms with Gasteiger partial charge in [-0.2, -0.15) is 0 Å². The van der Waals surface area contributed by atoms with Crippen molar-refractivity contribution < 1.29 is 9.53 Å². The standard InChI is InChI=1S/C13H26O2/c1-6-8-9-10-11(3)15-12(14)13(4,5)7-2/h11H,6-10H2,1-5H3. The third-order valence-electron chi connectivity index (χ3n) is 2.96. The molecule has 0 fully saturated rings. The third-order valence-corrected chi connectivity index (χ3v) is 2.96. The Morgan fingerprint density at radius 1 is 1.27 bits per heavy atom. The maximum Gasteiger partial charge on any atom is 0.311 e. The van der Waals surface area contributed by atoms with Crippen molar-refractivity contribution in [3.63, 3.8) is 0 Å². The zero-order valence-electron chi connectivity index (χ0n) is 10.9. The maximum absolute atomic E-state index is 11.7. The van der Waals surface area contributed by atoms with Gasteiger partial charge in [-0.3, -0.25) is 4.79 Å². The highest BCUT2D eigenvalue weighted by Crippen LogP contribution is 2.23. The Morgan fingerprint density at radius 3 is 2.33 bits per heavy atom. The summed E-state index contributed by atoms with van der Waals surface area (Å²) in [5.41, 5.74) is -0.334. The summed E-state index contributed by atoms with van der Waals surface area (Å²) in [5, 5.41) is 0. The molecule has 1 atom stereocenters. The highest BCUT2D eigenvalue weighted by Gasteiger charge is 2.28. The molecule has 15 heavy (non-hydrogen) atoms. The summed E-state index contributed by atoms with van der Waals surface area (Å²) in [5.74, 6) is -0.0611. The molecule has 1 unspecified atom stereocenters. The highest BCUT2D eigenvalue weighted by molar-refractivity contribution is 5.75. The number of unbranched alkanes of at least 4 members (excludes halogenated alkanes) is 2. The van der Waals surface area contributed by atoms with Crippen LogP contribution in [-0.4, -0.2) is 12.1 Å². The fourth-order valence-electron chi connectivity index (χ4n) is 1.23. The zero-order chi connectivity index (χ0) is 11.9. The van der Waals surface area contributed by atoms with Crippen LogP contribution in [0.4, 0.5) is 0 Å². The SMILES string of the molecule is CCCCCC(C)OC(=O)C(C)(C)CC. The van der Waals surface area contributed by atoms with Crippen LogP contribution < -0.4 is 0 Å². The second-order valence-electron chi connectivity index (χ2n) is 4.95. The van der Waals surface area contributed by atoms with Gasteiger partial charge in [0.25, 0.3) is 0 Å². The Hall–Kier alpha value is -0.530. The van der Waals surface area contributed by atoms with Crippen molar-refractivity contribution >= 4 is 5.97 Å². The molecule has 0 spiro atoms. The van der Waals surface area contributed by atoms with Gasteiger partial charge < -0.3 is 4.74 Å². The molecular formula is C13H26O2. The molecule has 0 heterocycles. The minimum absolute atomic E-state index is 0.0611. The molecule has 0 aromatic heterocycles. The second-order valence-corrected chi connectivity index (χ2v) is 4.95. The molecule has 0 saturated carbocycles. The average molecular weight is 214 g/mol. The van der Waals surface area contributed by atoms with E-state index in [1.54, 1.807) is 0 Å². The fourth-order valence-corrected chi connectivity index (χ4v) is 1.23. The second kappa shape index (κ2) is 6.86. The first-order valence-electron chi connectivity index (χ1n) is 6.15. The van der Waals surface area contributed by atoms with Crippen molar-refractivity contribution in [2.75, 3.05) is 0 Å². The van der Waals surface area contributed by atoms with E-state index in [1.165, 1.54) is 12.8 Å². The van der Waals surface area contributed by atoms with Crippen molar-refractivity contribution in [3.05, 3.63) is 0 Å². The number of hydrogen-bond acceptors (Lipinski definition) is 2. The molecule has 0 aliphatic rings. The number of ether oxygens (including phenoxy) is 1. The lowest BCUT2D eigenvalue weighted by Gasteiger charge is -2.23. The van der Waals surface area contributed by atoms with E-state index < -0.39 is 0 Å². The van der Waals surface area contributed by atoms with Crippen molar-refractivity contribution in [1.82, 2.24) is 0 Å². The van der Waals surface area contributed by atoms with Gasteiger partial charge in [-0.1, -0.05) is 26.7 Å². The van der Waals surface area contributed by atoms with Gasteiger partial charge in [0.05, 0.1) is 11.5 Å². The third kappa shape index (κ3) is 5.81. The molecule has 2 nitrogen and oxygen atoms in total. The van der Waals surface area contributed by atoms with E-state index in [4.69, 9.17) is 4.74 Å². The first-order chi connectivity index (χ1) is 6.94. The predicted molar refractivity (Wildman–Crippen MR) is 63.8 cm³/mol. The Balaban J connectivity index is 3.86. The van der Waals surface area contributed by atoms with E-state index in [9.17, 15) is 4.79 Å². The van der Waals surface area contributed by atoms with Gasteiger partial charge in [-0.15, -0.1) is 0 Å². The molecule has 90 valence electrons. The molecular weight excluding hydrogens is 188 g/mol. The molecule has 0 aliphatic heterocycles. The summed E-state index contributed by atoms with van der Waals surface area (Å²) in [7, 11) is 0. The number of hydrogen-bond donors (Lipinski definition) is 0. The molecule has 0 rings (SSSR count). The number of carbonyl (C=O) groups excluding carboxylic acids is 1. The largest absolute Gasteiger partial charge is 0.462 e. The van der Waals surface area contributed by atoms with E-state index in [0.717, 1.165) is 19.3 Å².